The Labute approximate surface area is 128 Å². The lowest BCUT2D eigenvalue weighted by molar-refractivity contribution is -0.0414. The van der Waals surface area contributed by atoms with E-state index in [-0.39, 0.29) is 18.0 Å². The lowest BCUT2D eigenvalue weighted by Crippen LogP contribution is -2.52. The van der Waals surface area contributed by atoms with Gasteiger partial charge in [0.2, 0.25) is 0 Å². The van der Waals surface area contributed by atoms with Crippen LogP contribution in [0.5, 0.6) is 0 Å². The number of nitrogens with zero attached hydrogens (tertiary/aromatic N) is 1. The van der Waals surface area contributed by atoms with Crippen LogP contribution in [-0.4, -0.2) is 33.8 Å². The van der Waals surface area contributed by atoms with Crippen molar-refractivity contribution >= 4 is 17.7 Å². The first-order valence-electron chi connectivity index (χ1n) is 6.74. The van der Waals surface area contributed by atoms with E-state index in [1.807, 2.05) is 20.8 Å². The Morgan fingerprint density at radius 3 is 2.52 bits per heavy atom. The molecule has 0 aromatic heterocycles. The molecule has 1 fully saturated rings. The maximum absolute atomic E-state index is 13.6. The van der Waals surface area contributed by atoms with Gasteiger partial charge in [-0.15, -0.1) is 0 Å². The normalized spacial score (nSPS) is 26.2. The molecule has 0 saturated carbocycles. The van der Waals surface area contributed by atoms with Gasteiger partial charge in [0.15, 0.2) is 0 Å². The first kappa shape index (κ1) is 16.0. The number of rotatable bonds is 1. The van der Waals surface area contributed by atoms with Gasteiger partial charge in [-0.25, -0.2) is 9.18 Å². The number of likely N-dealkylation sites (tertiary alicyclic amines) is 1. The Bertz CT molecular complexity index is 552. The molecule has 1 amide bonds. The fourth-order valence-corrected chi connectivity index (χ4v) is 3.53. The Hall–Kier alpha value is -1.33. The second kappa shape index (κ2) is 5.14. The number of aliphatic hydroxyl groups is 1. The molecular formula is C15H19ClFNO3. The van der Waals surface area contributed by atoms with Gasteiger partial charge in [-0.2, -0.15) is 0 Å². The van der Waals surface area contributed by atoms with Gasteiger partial charge in [-0.05, 0) is 29.2 Å². The Morgan fingerprint density at radius 2 is 2.05 bits per heavy atom. The zero-order chi connectivity index (χ0) is 16.0. The van der Waals surface area contributed by atoms with E-state index < -0.39 is 29.0 Å². The summed E-state index contributed by atoms with van der Waals surface area (Å²) < 4.78 is 13.6. The zero-order valence-electron chi connectivity index (χ0n) is 12.2. The standard InChI is InChI=1S/C15H19ClFNO3/c1-14(2,3)12-15(21,4-5-18(12)13(19)20)9-6-10(16)8-11(17)7-9/h6-8,12,21H,4-5H2,1-3H3,(H,19,20). The van der Waals surface area contributed by atoms with Crippen molar-refractivity contribution in [3.05, 3.63) is 34.6 Å². The highest BCUT2D eigenvalue weighted by molar-refractivity contribution is 6.30. The van der Waals surface area contributed by atoms with E-state index in [0.717, 1.165) is 6.07 Å². The van der Waals surface area contributed by atoms with Crippen molar-refractivity contribution in [1.82, 2.24) is 4.90 Å². The summed E-state index contributed by atoms with van der Waals surface area (Å²) in [5.74, 6) is -0.549. The summed E-state index contributed by atoms with van der Waals surface area (Å²) in [6.45, 7) is 5.75. The third-order valence-electron chi connectivity index (χ3n) is 3.93. The molecule has 1 saturated heterocycles. The fourth-order valence-electron chi connectivity index (χ4n) is 3.31. The number of hydrogen-bond donors (Lipinski definition) is 2. The van der Waals surface area contributed by atoms with E-state index in [0.29, 0.717) is 5.56 Å². The minimum Gasteiger partial charge on any atom is -0.465 e. The molecule has 2 rings (SSSR count). The van der Waals surface area contributed by atoms with E-state index in [1.165, 1.54) is 17.0 Å². The van der Waals surface area contributed by atoms with Crippen molar-refractivity contribution in [2.45, 2.75) is 38.8 Å². The number of hydrogen-bond acceptors (Lipinski definition) is 2. The minimum absolute atomic E-state index is 0.180. The summed E-state index contributed by atoms with van der Waals surface area (Å²) in [5.41, 5.74) is -1.65. The van der Waals surface area contributed by atoms with Crippen molar-refractivity contribution in [1.29, 1.82) is 0 Å². The second-order valence-electron chi connectivity index (χ2n) is 6.58. The van der Waals surface area contributed by atoms with E-state index >= 15 is 0 Å². The van der Waals surface area contributed by atoms with Crippen LogP contribution in [0, 0.1) is 11.2 Å². The molecule has 6 heteroatoms. The largest absolute Gasteiger partial charge is 0.465 e. The van der Waals surface area contributed by atoms with Gasteiger partial charge >= 0.3 is 6.09 Å². The van der Waals surface area contributed by atoms with Crippen LogP contribution >= 0.6 is 11.6 Å². The van der Waals surface area contributed by atoms with Gasteiger partial charge in [0.1, 0.15) is 11.4 Å². The average Bonchev–Trinajstić information content (AvgIpc) is 2.67. The van der Waals surface area contributed by atoms with E-state index in [4.69, 9.17) is 11.6 Å². The molecule has 4 nitrogen and oxygen atoms in total. The van der Waals surface area contributed by atoms with Crippen LogP contribution in [0.3, 0.4) is 0 Å². The molecule has 21 heavy (non-hydrogen) atoms. The highest BCUT2D eigenvalue weighted by atomic mass is 35.5. The Morgan fingerprint density at radius 1 is 1.43 bits per heavy atom. The highest BCUT2D eigenvalue weighted by Crippen LogP contribution is 2.46. The number of benzene rings is 1. The lowest BCUT2D eigenvalue weighted by Gasteiger charge is -2.42. The molecular weight excluding hydrogens is 297 g/mol. The molecule has 1 aromatic carbocycles. The highest BCUT2D eigenvalue weighted by Gasteiger charge is 2.54. The smallest absolute Gasteiger partial charge is 0.407 e. The van der Waals surface area contributed by atoms with Crippen molar-refractivity contribution in [3.63, 3.8) is 0 Å². The number of carbonyl (C=O) groups is 1. The second-order valence-corrected chi connectivity index (χ2v) is 7.01. The van der Waals surface area contributed by atoms with Gasteiger partial charge in [-0.1, -0.05) is 32.4 Å². The van der Waals surface area contributed by atoms with Crippen molar-refractivity contribution in [2.24, 2.45) is 5.41 Å². The third-order valence-corrected chi connectivity index (χ3v) is 4.14. The van der Waals surface area contributed by atoms with Crippen LogP contribution < -0.4 is 0 Å². The third kappa shape index (κ3) is 2.85. The predicted molar refractivity (Wildman–Crippen MR) is 77.9 cm³/mol. The number of amides is 1. The maximum atomic E-state index is 13.6. The predicted octanol–water partition coefficient (Wildman–Crippen LogP) is 3.47. The van der Waals surface area contributed by atoms with Gasteiger partial charge in [0.05, 0.1) is 6.04 Å². The summed E-state index contributed by atoms with van der Waals surface area (Å²) in [4.78, 5) is 12.6. The first-order chi connectivity index (χ1) is 9.55. The molecule has 1 aromatic rings. The fraction of sp³-hybridized carbons (Fsp3) is 0.533. The van der Waals surface area contributed by atoms with Gasteiger partial charge in [0, 0.05) is 18.0 Å². The molecule has 0 bridgehead atoms. The lowest BCUT2D eigenvalue weighted by atomic mass is 9.73. The first-order valence-corrected chi connectivity index (χ1v) is 7.12. The van der Waals surface area contributed by atoms with Crippen LogP contribution in [0.1, 0.15) is 32.8 Å². The monoisotopic (exact) mass is 315 g/mol. The van der Waals surface area contributed by atoms with Gasteiger partial charge in [-0.3, -0.25) is 0 Å². The average molecular weight is 316 g/mol. The van der Waals surface area contributed by atoms with Crippen molar-refractivity contribution in [3.8, 4) is 0 Å². The van der Waals surface area contributed by atoms with Crippen LogP contribution in [-0.2, 0) is 5.60 Å². The molecule has 2 unspecified atom stereocenters. The summed E-state index contributed by atoms with van der Waals surface area (Å²) in [6, 6.07) is 3.19. The van der Waals surface area contributed by atoms with Crippen LogP contribution in [0.15, 0.2) is 18.2 Å². The quantitative estimate of drug-likeness (QED) is 0.834. The van der Waals surface area contributed by atoms with Gasteiger partial charge in [0.25, 0.3) is 0 Å². The molecule has 1 heterocycles. The summed E-state index contributed by atoms with van der Waals surface area (Å²) in [7, 11) is 0. The van der Waals surface area contributed by atoms with E-state index in [1.54, 1.807) is 0 Å². The summed E-state index contributed by atoms with van der Waals surface area (Å²) >= 11 is 5.87. The number of halogens is 2. The Balaban J connectivity index is 2.55. The van der Waals surface area contributed by atoms with Crippen LogP contribution in [0.25, 0.3) is 0 Å². The SMILES string of the molecule is CC(C)(C)C1N(C(=O)O)CCC1(O)c1cc(F)cc(Cl)c1. The molecule has 2 atom stereocenters. The molecule has 116 valence electrons. The van der Waals surface area contributed by atoms with Crippen molar-refractivity contribution in [2.75, 3.05) is 6.54 Å². The topological polar surface area (TPSA) is 60.8 Å². The number of carboxylic acid groups (broad SMARTS) is 1. The molecule has 0 radical (unpaired) electrons. The van der Waals surface area contributed by atoms with Gasteiger partial charge < -0.3 is 15.1 Å². The summed E-state index contributed by atoms with van der Waals surface area (Å²) in [5, 5.41) is 20.6. The Kier molecular flexibility index (Phi) is 3.93. The zero-order valence-corrected chi connectivity index (χ0v) is 13.0. The molecule has 1 aliphatic rings. The summed E-state index contributed by atoms with van der Waals surface area (Å²) in [6.07, 6.45) is -0.880. The van der Waals surface area contributed by atoms with E-state index in [2.05, 4.69) is 0 Å². The van der Waals surface area contributed by atoms with Crippen LogP contribution in [0.4, 0.5) is 9.18 Å². The molecule has 0 spiro atoms. The molecule has 0 aliphatic carbocycles. The molecule has 2 N–H and O–H groups in total. The maximum Gasteiger partial charge on any atom is 0.407 e. The minimum atomic E-state index is -1.46. The van der Waals surface area contributed by atoms with Crippen molar-refractivity contribution < 1.29 is 19.4 Å². The molecule has 1 aliphatic heterocycles. The van der Waals surface area contributed by atoms with E-state index in [9.17, 15) is 19.4 Å². The van der Waals surface area contributed by atoms with Crippen LogP contribution in [0.2, 0.25) is 5.02 Å².